The number of carbonyl (C=O) groups is 1. The van der Waals surface area contributed by atoms with Gasteiger partial charge in [0.15, 0.2) is 0 Å². The summed E-state index contributed by atoms with van der Waals surface area (Å²) in [7, 11) is -6.61. The summed E-state index contributed by atoms with van der Waals surface area (Å²) in [5, 5.41) is 7.62. The minimum atomic E-state index is -4.06. The minimum Gasteiger partial charge on any atom is -0.495 e. The van der Waals surface area contributed by atoms with Crippen LogP contribution in [-0.4, -0.2) is 29.9 Å². The molecule has 0 saturated carbocycles. The molecule has 3 rings (SSSR count). The van der Waals surface area contributed by atoms with Crippen LogP contribution in [-0.2, 0) is 20.0 Å². The molecule has 0 radical (unpaired) electrons. The van der Waals surface area contributed by atoms with Crippen molar-refractivity contribution in [3.63, 3.8) is 0 Å². The first kappa shape index (κ1) is 23.2. The number of rotatable bonds is 7. The monoisotopic (exact) mass is 479 g/mol. The van der Waals surface area contributed by atoms with Gasteiger partial charge in [0.05, 0.1) is 22.6 Å². The lowest BCUT2D eigenvalue weighted by Crippen LogP contribution is -2.16. The number of nitrogens with one attached hydrogen (secondary N) is 2. The molecule has 1 amide bonds. The average molecular weight is 480 g/mol. The fourth-order valence-corrected chi connectivity index (χ4v) is 4.26. The Hall–Kier alpha value is -3.48. The predicted molar refractivity (Wildman–Crippen MR) is 116 cm³/mol. The Morgan fingerprint density at radius 2 is 1.50 bits per heavy atom. The summed E-state index contributed by atoms with van der Waals surface area (Å²) in [6, 6.07) is 13.5. The predicted octanol–water partition coefficient (Wildman–Crippen LogP) is 2.53. The summed E-state index contributed by atoms with van der Waals surface area (Å²) < 4.78 is 68.5. The van der Waals surface area contributed by atoms with Crippen LogP contribution in [0.15, 0.2) is 76.5 Å². The van der Waals surface area contributed by atoms with Crippen LogP contribution in [0.3, 0.4) is 0 Å². The van der Waals surface area contributed by atoms with Crippen LogP contribution < -0.4 is 19.9 Å². The quantitative estimate of drug-likeness (QED) is 0.475. The summed E-state index contributed by atoms with van der Waals surface area (Å²) in [5.41, 5.74) is 0.434. The molecule has 0 unspecified atom stereocenters. The van der Waals surface area contributed by atoms with Crippen molar-refractivity contribution in [3.8, 4) is 5.75 Å². The number of benzene rings is 3. The normalized spacial score (nSPS) is 11.6. The number of hydrogen-bond donors (Lipinski definition) is 3. The average Bonchev–Trinajstić information content (AvgIpc) is 2.73. The van der Waals surface area contributed by atoms with Crippen LogP contribution in [0.2, 0.25) is 0 Å². The van der Waals surface area contributed by atoms with Crippen molar-refractivity contribution in [2.24, 2.45) is 5.14 Å². The zero-order valence-electron chi connectivity index (χ0n) is 16.6. The number of nitrogens with two attached hydrogens (primary N) is 1. The van der Waals surface area contributed by atoms with E-state index in [0.717, 1.165) is 24.3 Å². The lowest BCUT2D eigenvalue weighted by atomic mass is 10.2. The van der Waals surface area contributed by atoms with Crippen LogP contribution in [0.4, 0.5) is 15.8 Å². The van der Waals surface area contributed by atoms with Crippen molar-refractivity contribution < 1.29 is 30.8 Å². The molecule has 0 atom stereocenters. The maximum Gasteiger partial charge on any atom is 0.262 e. The molecule has 0 saturated heterocycles. The molecule has 0 aliphatic heterocycles. The number of primary sulfonamides is 1. The second-order valence-corrected chi connectivity index (χ2v) is 9.74. The third-order valence-electron chi connectivity index (χ3n) is 4.27. The number of hydrogen-bond acceptors (Lipinski definition) is 6. The molecule has 0 aliphatic rings. The number of ether oxygens (including phenoxy) is 1. The number of carbonyl (C=O) groups excluding carboxylic acids is 1. The largest absolute Gasteiger partial charge is 0.495 e. The molecule has 0 aromatic heterocycles. The zero-order chi connectivity index (χ0) is 23.5. The lowest BCUT2D eigenvalue weighted by molar-refractivity contribution is 0.102. The molecule has 3 aromatic carbocycles. The first-order valence-electron chi connectivity index (χ1n) is 8.90. The van der Waals surface area contributed by atoms with Gasteiger partial charge in [0, 0.05) is 11.3 Å². The topological polar surface area (TPSA) is 145 Å². The third-order valence-corrected chi connectivity index (χ3v) is 6.58. The second kappa shape index (κ2) is 8.94. The highest BCUT2D eigenvalue weighted by Crippen LogP contribution is 2.30. The maximum atomic E-state index is 13.1. The molecule has 168 valence electrons. The Kier molecular flexibility index (Phi) is 6.48. The molecule has 0 fully saturated rings. The molecule has 0 aliphatic carbocycles. The van der Waals surface area contributed by atoms with Gasteiger partial charge in [0.1, 0.15) is 11.6 Å². The SMILES string of the molecule is COc1ccc(NC(=O)c2ccc(S(N)(=O)=O)cc2)cc1NS(=O)(=O)c1ccc(F)cc1. The first-order chi connectivity index (χ1) is 15.0. The standard InChI is InChI=1S/C20H18FN3O6S2/c1-30-19-11-6-15(23-20(25)13-2-7-16(8-3-13)31(22,26)27)12-18(19)24-32(28,29)17-9-4-14(21)5-10-17/h2-12,24H,1H3,(H,23,25)(H2,22,26,27). The number of halogens is 1. The van der Waals surface area contributed by atoms with Crippen LogP contribution in [0, 0.1) is 5.82 Å². The van der Waals surface area contributed by atoms with Crippen molar-refractivity contribution >= 4 is 37.3 Å². The van der Waals surface area contributed by atoms with Crippen molar-refractivity contribution in [1.82, 2.24) is 0 Å². The van der Waals surface area contributed by atoms with Gasteiger partial charge in [-0.15, -0.1) is 0 Å². The highest BCUT2D eigenvalue weighted by atomic mass is 32.2. The first-order valence-corrected chi connectivity index (χ1v) is 11.9. The second-order valence-electron chi connectivity index (χ2n) is 6.50. The Balaban J connectivity index is 1.84. The Labute approximate surface area is 184 Å². The van der Waals surface area contributed by atoms with E-state index in [2.05, 4.69) is 10.0 Å². The van der Waals surface area contributed by atoms with Gasteiger partial charge < -0.3 is 10.1 Å². The molecule has 12 heteroatoms. The lowest BCUT2D eigenvalue weighted by Gasteiger charge is -2.14. The molecular weight excluding hydrogens is 461 g/mol. The van der Waals surface area contributed by atoms with Gasteiger partial charge in [-0.05, 0) is 66.7 Å². The molecule has 0 bridgehead atoms. The van der Waals surface area contributed by atoms with E-state index in [-0.39, 0.29) is 32.5 Å². The highest BCUT2D eigenvalue weighted by Gasteiger charge is 2.18. The number of methoxy groups -OCH3 is 1. The van der Waals surface area contributed by atoms with E-state index in [1.807, 2.05) is 0 Å². The molecule has 3 aromatic rings. The number of amides is 1. The minimum absolute atomic E-state index is 0.0409. The van der Waals surface area contributed by atoms with Crippen LogP contribution in [0.1, 0.15) is 10.4 Å². The van der Waals surface area contributed by atoms with Crippen LogP contribution >= 0.6 is 0 Å². The van der Waals surface area contributed by atoms with Gasteiger partial charge in [0.2, 0.25) is 10.0 Å². The number of anilines is 2. The smallest absolute Gasteiger partial charge is 0.262 e. The van der Waals surface area contributed by atoms with E-state index in [9.17, 15) is 26.0 Å². The Morgan fingerprint density at radius 3 is 2.06 bits per heavy atom. The van der Waals surface area contributed by atoms with Crippen molar-refractivity contribution in [3.05, 3.63) is 78.1 Å². The van der Waals surface area contributed by atoms with Gasteiger partial charge in [-0.25, -0.2) is 26.4 Å². The third kappa shape index (κ3) is 5.41. The van der Waals surface area contributed by atoms with E-state index in [1.165, 1.54) is 49.6 Å². The summed E-state index contributed by atoms with van der Waals surface area (Å²) in [6.45, 7) is 0. The summed E-state index contributed by atoms with van der Waals surface area (Å²) in [4.78, 5) is 12.2. The molecule has 4 N–H and O–H groups in total. The van der Waals surface area contributed by atoms with E-state index >= 15 is 0 Å². The van der Waals surface area contributed by atoms with Crippen LogP contribution in [0.25, 0.3) is 0 Å². The van der Waals surface area contributed by atoms with Gasteiger partial charge in [-0.1, -0.05) is 0 Å². The van der Waals surface area contributed by atoms with Gasteiger partial charge in [-0.3, -0.25) is 9.52 Å². The molecule has 0 heterocycles. The van der Waals surface area contributed by atoms with Crippen LogP contribution in [0.5, 0.6) is 5.75 Å². The summed E-state index contributed by atoms with van der Waals surface area (Å²) in [5.74, 6) is -0.960. The fourth-order valence-electron chi connectivity index (χ4n) is 2.68. The van der Waals surface area contributed by atoms with E-state index in [4.69, 9.17) is 9.88 Å². The fraction of sp³-hybridized carbons (Fsp3) is 0.0500. The molecule has 32 heavy (non-hydrogen) atoms. The maximum absolute atomic E-state index is 13.1. The van der Waals surface area contributed by atoms with Gasteiger partial charge in [0.25, 0.3) is 15.9 Å². The van der Waals surface area contributed by atoms with E-state index in [0.29, 0.717) is 0 Å². The molecular formula is C20H18FN3O6S2. The van der Waals surface area contributed by atoms with Crippen molar-refractivity contribution in [1.29, 1.82) is 0 Å². The van der Waals surface area contributed by atoms with Crippen molar-refractivity contribution in [2.45, 2.75) is 9.79 Å². The summed E-state index contributed by atoms with van der Waals surface area (Å²) >= 11 is 0. The van der Waals surface area contributed by atoms with Gasteiger partial charge in [-0.2, -0.15) is 0 Å². The van der Waals surface area contributed by atoms with Crippen molar-refractivity contribution in [2.75, 3.05) is 17.1 Å². The summed E-state index contributed by atoms with van der Waals surface area (Å²) in [6.07, 6.45) is 0. The van der Waals surface area contributed by atoms with E-state index in [1.54, 1.807) is 0 Å². The number of sulfonamides is 2. The Morgan fingerprint density at radius 1 is 0.906 bits per heavy atom. The molecule has 9 nitrogen and oxygen atoms in total. The van der Waals surface area contributed by atoms with E-state index < -0.39 is 31.8 Å². The molecule has 0 spiro atoms. The van der Waals surface area contributed by atoms with Gasteiger partial charge >= 0.3 is 0 Å². The zero-order valence-corrected chi connectivity index (χ0v) is 18.2. The Bertz CT molecular complexity index is 1360. The highest BCUT2D eigenvalue weighted by molar-refractivity contribution is 7.92.